The summed E-state index contributed by atoms with van der Waals surface area (Å²) in [5.41, 5.74) is 0. The normalized spacial score (nSPS) is 13.2. The van der Waals surface area contributed by atoms with E-state index in [1.165, 1.54) is 0 Å². The van der Waals surface area contributed by atoms with Crippen LogP contribution in [0.1, 0.15) is 12.8 Å². The van der Waals surface area contributed by atoms with Crippen LogP contribution in [-0.4, -0.2) is 44.1 Å². The van der Waals surface area contributed by atoms with Gasteiger partial charge < -0.3 is 10.2 Å². The molecule has 0 aliphatic carbocycles. The van der Waals surface area contributed by atoms with Crippen molar-refractivity contribution in [3.8, 4) is 0 Å². The zero-order valence-electron chi connectivity index (χ0n) is 7.83. The van der Waals surface area contributed by atoms with Gasteiger partial charge in [0.1, 0.15) is 6.16 Å². The maximum Gasteiger partial charge on any atom is 0.311 e. The summed E-state index contributed by atoms with van der Waals surface area (Å²) >= 11 is 0. The molecule has 0 radical (unpaired) electrons. The molecule has 0 aromatic heterocycles. The Kier molecular flexibility index (Phi) is 5.35. The molecule has 0 aliphatic heterocycles. The van der Waals surface area contributed by atoms with Crippen LogP contribution >= 0.6 is 7.72 Å². The molecule has 1 atom stereocenters. The SMILES string of the molecule is N=C[P+](O)(O)CC(CCC(=O)O)C(=O)O. The number of hydrogen-bond donors (Lipinski definition) is 5. The largest absolute Gasteiger partial charge is 0.481 e. The van der Waals surface area contributed by atoms with Gasteiger partial charge in [0.25, 0.3) is 0 Å². The van der Waals surface area contributed by atoms with Gasteiger partial charge in [-0.25, -0.2) is 9.79 Å². The number of rotatable bonds is 7. The van der Waals surface area contributed by atoms with Crippen molar-refractivity contribution >= 4 is 25.6 Å². The fraction of sp³-hybridized carbons (Fsp3) is 0.571. The van der Waals surface area contributed by atoms with E-state index >= 15 is 0 Å². The first-order chi connectivity index (χ1) is 6.78. The van der Waals surface area contributed by atoms with E-state index in [1.54, 1.807) is 0 Å². The third kappa shape index (κ3) is 6.11. The Labute approximate surface area is 86.4 Å². The van der Waals surface area contributed by atoms with Crippen LogP contribution in [0.3, 0.4) is 0 Å². The van der Waals surface area contributed by atoms with Crippen molar-refractivity contribution in [2.75, 3.05) is 6.16 Å². The minimum atomic E-state index is -3.63. The lowest BCUT2D eigenvalue weighted by molar-refractivity contribution is -0.142. The third-order valence-corrected chi connectivity index (χ3v) is 3.14. The molecule has 7 nitrogen and oxygen atoms in total. The average molecular weight is 238 g/mol. The first-order valence-electron chi connectivity index (χ1n) is 4.08. The summed E-state index contributed by atoms with van der Waals surface area (Å²) in [6.45, 7) is 0. The van der Waals surface area contributed by atoms with Gasteiger partial charge in [0.05, 0.1) is 5.92 Å². The van der Waals surface area contributed by atoms with Crippen LogP contribution in [0, 0.1) is 11.3 Å². The fourth-order valence-electron chi connectivity index (χ4n) is 0.968. The van der Waals surface area contributed by atoms with Gasteiger partial charge in [-0.3, -0.25) is 15.0 Å². The van der Waals surface area contributed by atoms with Crippen LogP contribution in [0.15, 0.2) is 0 Å². The van der Waals surface area contributed by atoms with Crippen molar-refractivity contribution in [2.45, 2.75) is 12.8 Å². The van der Waals surface area contributed by atoms with E-state index in [-0.39, 0.29) is 12.8 Å². The average Bonchev–Trinajstić information content (AvgIpc) is 2.11. The summed E-state index contributed by atoms with van der Waals surface area (Å²) in [4.78, 5) is 39.1. The highest BCUT2D eigenvalue weighted by atomic mass is 31.2. The van der Waals surface area contributed by atoms with Crippen molar-refractivity contribution < 1.29 is 29.6 Å². The predicted molar refractivity (Wildman–Crippen MR) is 53.0 cm³/mol. The lowest BCUT2D eigenvalue weighted by atomic mass is 10.1. The molecule has 0 spiro atoms. The van der Waals surface area contributed by atoms with Crippen LogP contribution in [0.2, 0.25) is 0 Å². The maximum absolute atomic E-state index is 10.6. The molecule has 1 unspecified atom stereocenters. The summed E-state index contributed by atoms with van der Waals surface area (Å²) in [5, 5.41) is 23.7. The Bertz CT molecular complexity index is 266. The Morgan fingerprint density at radius 1 is 1.33 bits per heavy atom. The van der Waals surface area contributed by atoms with E-state index < -0.39 is 31.7 Å². The molecule has 5 N–H and O–H groups in total. The van der Waals surface area contributed by atoms with Gasteiger partial charge in [-0.2, -0.15) is 0 Å². The smallest absolute Gasteiger partial charge is 0.311 e. The topological polar surface area (TPSA) is 139 Å². The highest BCUT2D eigenvalue weighted by molar-refractivity contribution is 7.79. The molecule has 0 rings (SSSR count). The van der Waals surface area contributed by atoms with Gasteiger partial charge in [0.15, 0.2) is 5.96 Å². The summed E-state index contributed by atoms with van der Waals surface area (Å²) < 4.78 is 0. The monoisotopic (exact) mass is 238 g/mol. The molecule has 0 fully saturated rings. The van der Waals surface area contributed by atoms with Crippen LogP contribution in [0.4, 0.5) is 0 Å². The second-order valence-corrected chi connectivity index (χ2v) is 5.26. The molecule has 0 heterocycles. The van der Waals surface area contributed by atoms with Crippen molar-refractivity contribution in [1.29, 1.82) is 5.41 Å². The highest BCUT2D eigenvalue weighted by Crippen LogP contribution is 2.48. The number of carbonyl (C=O) groups is 2. The minimum absolute atomic E-state index is 0.179. The van der Waals surface area contributed by atoms with E-state index in [0.717, 1.165) is 0 Å². The number of nitrogens with one attached hydrogen (secondary N) is 1. The van der Waals surface area contributed by atoms with Gasteiger partial charge in [0, 0.05) is 6.42 Å². The molecule has 0 saturated carbocycles. The van der Waals surface area contributed by atoms with Crippen LogP contribution in [0.5, 0.6) is 0 Å². The summed E-state index contributed by atoms with van der Waals surface area (Å²) in [6, 6.07) is 0. The maximum atomic E-state index is 10.6. The zero-order valence-corrected chi connectivity index (χ0v) is 8.72. The summed E-state index contributed by atoms with van der Waals surface area (Å²) in [5.74, 6) is -3.16. The van der Waals surface area contributed by atoms with Crippen LogP contribution < -0.4 is 0 Å². The lowest BCUT2D eigenvalue weighted by Crippen LogP contribution is -2.21. The molecule has 15 heavy (non-hydrogen) atoms. The first-order valence-corrected chi connectivity index (χ1v) is 6.03. The Morgan fingerprint density at radius 2 is 1.87 bits per heavy atom. The van der Waals surface area contributed by atoms with Gasteiger partial charge in [-0.1, -0.05) is 0 Å². The quantitative estimate of drug-likeness (QED) is 0.312. The van der Waals surface area contributed by atoms with E-state index in [9.17, 15) is 9.59 Å². The lowest BCUT2D eigenvalue weighted by Gasteiger charge is -2.12. The van der Waals surface area contributed by atoms with Crippen molar-refractivity contribution in [2.24, 2.45) is 5.92 Å². The molecule has 86 valence electrons. The van der Waals surface area contributed by atoms with Crippen molar-refractivity contribution in [3.05, 3.63) is 0 Å². The predicted octanol–water partition coefficient (Wildman–Crippen LogP) is -0.00873. The molecule has 0 aromatic rings. The second kappa shape index (κ2) is 5.75. The van der Waals surface area contributed by atoms with Gasteiger partial charge in [-0.15, -0.1) is 0 Å². The van der Waals surface area contributed by atoms with E-state index in [0.29, 0.717) is 5.96 Å². The Balaban J connectivity index is 4.35. The minimum Gasteiger partial charge on any atom is -0.481 e. The van der Waals surface area contributed by atoms with Gasteiger partial charge in [-0.05, 0) is 6.42 Å². The molecule has 0 saturated heterocycles. The summed E-state index contributed by atoms with van der Waals surface area (Å²) in [7, 11) is -3.63. The number of carboxylic acid groups (broad SMARTS) is 2. The van der Waals surface area contributed by atoms with Crippen molar-refractivity contribution in [1.82, 2.24) is 0 Å². The summed E-state index contributed by atoms with van der Waals surface area (Å²) in [6.07, 6.45) is -1.02. The van der Waals surface area contributed by atoms with Gasteiger partial charge >= 0.3 is 19.7 Å². The van der Waals surface area contributed by atoms with E-state index in [1.807, 2.05) is 0 Å². The van der Waals surface area contributed by atoms with Crippen molar-refractivity contribution in [3.63, 3.8) is 0 Å². The Hall–Kier alpha value is -1.04. The van der Waals surface area contributed by atoms with E-state index in [2.05, 4.69) is 0 Å². The zero-order chi connectivity index (χ0) is 12.1. The fourth-order valence-corrected chi connectivity index (χ4v) is 2.06. The molecule has 0 aromatic carbocycles. The number of carboxylic acids is 2. The molecule has 8 heteroatoms. The van der Waals surface area contributed by atoms with E-state index in [4.69, 9.17) is 25.4 Å². The highest BCUT2D eigenvalue weighted by Gasteiger charge is 2.37. The molecular formula is C7H13NO6P+. The molecule has 0 aliphatic rings. The standard InChI is InChI=1S/C7H12NO6P/c8-4-15(13,14)3-5(7(11)12)1-2-6(9)10/h4-5,8,13-14H,1-3H2,(H-,9,10,11,12)/p+1. The molecular weight excluding hydrogens is 225 g/mol. The van der Waals surface area contributed by atoms with Gasteiger partial charge in [0.2, 0.25) is 0 Å². The third-order valence-electron chi connectivity index (χ3n) is 1.75. The van der Waals surface area contributed by atoms with Crippen LogP contribution in [-0.2, 0) is 9.59 Å². The molecule has 0 bridgehead atoms. The Morgan fingerprint density at radius 3 is 2.20 bits per heavy atom. The number of hydrogen-bond acceptors (Lipinski definition) is 5. The first kappa shape index (κ1) is 14.0. The number of aliphatic carboxylic acids is 2. The second-order valence-electron chi connectivity index (χ2n) is 3.07. The molecule has 0 amide bonds. The van der Waals surface area contributed by atoms with Crippen LogP contribution in [0.25, 0.3) is 0 Å².